The minimum Gasteiger partial charge on any atom is -0.482 e. The molecule has 29 heavy (non-hydrogen) atoms. The number of hydrogen-bond acceptors (Lipinski definition) is 4. The first-order valence-electron chi connectivity index (χ1n) is 8.82. The van der Waals surface area contributed by atoms with E-state index in [2.05, 4.69) is 22.4 Å². The van der Waals surface area contributed by atoms with Crippen LogP contribution in [0.1, 0.15) is 29.7 Å². The summed E-state index contributed by atoms with van der Waals surface area (Å²) in [6, 6.07) is 10.8. The zero-order chi connectivity index (χ0) is 19.8. The van der Waals surface area contributed by atoms with Crippen molar-refractivity contribution in [2.45, 2.75) is 26.1 Å². The third kappa shape index (κ3) is 4.28. The second-order valence-electron chi connectivity index (χ2n) is 6.71. The number of nitrogen functional groups attached to an aromatic ring is 1. The van der Waals surface area contributed by atoms with Gasteiger partial charge in [0.2, 0.25) is 0 Å². The normalized spacial score (nSPS) is 13.5. The quantitative estimate of drug-likeness (QED) is 0.479. The molecule has 8 heteroatoms. The molecular weight excluding hydrogens is 436 g/mol. The number of nitrogens with one attached hydrogen (secondary N) is 1. The average molecular weight is 455 g/mol. The summed E-state index contributed by atoms with van der Waals surface area (Å²) in [7, 11) is 0. The van der Waals surface area contributed by atoms with Crippen molar-refractivity contribution in [1.82, 2.24) is 10.3 Å². The Kier molecular flexibility index (Phi) is 6.54. The molecule has 4 nitrogen and oxygen atoms in total. The molecule has 1 aliphatic heterocycles. The van der Waals surface area contributed by atoms with Crippen molar-refractivity contribution in [3.05, 3.63) is 75.1 Å². The monoisotopic (exact) mass is 453 g/mol. The number of nitrogens with zero attached hydrogens (tertiary/aromatic N) is 1. The predicted octanol–water partition coefficient (Wildman–Crippen LogP) is 5.94. The summed E-state index contributed by atoms with van der Waals surface area (Å²) in [5, 5.41) is 3.60. The van der Waals surface area contributed by atoms with Crippen LogP contribution >= 0.6 is 35.6 Å². The number of ether oxygens (including phenoxy) is 1. The van der Waals surface area contributed by atoms with Crippen molar-refractivity contribution in [1.29, 1.82) is 0 Å². The SMILES string of the molecule is CC(Oc1cc(-c2ccc3c(c2)CNC3)cnc1N)c1c(Cl)ccc(F)c1Cl.Cl. The van der Waals surface area contributed by atoms with E-state index in [1.807, 2.05) is 12.1 Å². The van der Waals surface area contributed by atoms with E-state index in [9.17, 15) is 4.39 Å². The van der Waals surface area contributed by atoms with Crippen molar-refractivity contribution in [2.75, 3.05) is 5.73 Å². The molecule has 2 heterocycles. The number of rotatable bonds is 4. The molecule has 1 aliphatic rings. The average Bonchev–Trinajstić information content (AvgIpc) is 3.14. The van der Waals surface area contributed by atoms with Gasteiger partial charge in [-0.05, 0) is 47.9 Å². The molecule has 0 bridgehead atoms. The van der Waals surface area contributed by atoms with Crippen LogP contribution in [0.5, 0.6) is 5.75 Å². The fourth-order valence-electron chi connectivity index (χ4n) is 3.35. The first-order valence-corrected chi connectivity index (χ1v) is 9.58. The number of halogens is 4. The van der Waals surface area contributed by atoms with Crippen molar-refractivity contribution in [2.24, 2.45) is 0 Å². The highest BCUT2D eigenvalue weighted by atomic mass is 35.5. The maximum Gasteiger partial charge on any atom is 0.166 e. The van der Waals surface area contributed by atoms with Crippen molar-refractivity contribution in [3.8, 4) is 16.9 Å². The molecule has 152 valence electrons. The molecule has 0 radical (unpaired) electrons. The molecule has 3 aromatic rings. The summed E-state index contributed by atoms with van der Waals surface area (Å²) >= 11 is 12.3. The van der Waals surface area contributed by atoms with Gasteiger partial charge in [0.1, 0.15) is 11.9 Å². The zero-order valence-electron chi connectivity index (χ0n) is 15.5. The molecule has 1 unspecified atom stereocenters. The Morgan fingerprint density at radius 3 is 2.66 bits per heavy atom. The molecule has 1 atom stereocenters. The van der Waals surface area contributed by atoms with E-state index < -0.39 is 11.9 Å². The minimum atomic E-state index is -0.612. The number of aromatic nitrogens is 1. The molecule has 0 spiro atoms. The maximum atomic E-state index is 13.8. The van der Waals surface area contributed by atoms with Crippen LogP contribution < -0.4 is 15.8 Å². The molecule has 0 saturated carbocycles. The van der Waals surface area contributed by atoms with Crippen LogP contribution in [0, 0.1) is 5.82 Å². The summed E-state index contributed by atoms with van der Waals surface area (Å²) in [5.41, 5.74) is 10.8. The second-order valence-corrected chi connectivity index (χ2v) is 7.50. The summed E-state index contributed by atoms with van der Waals surface area (Å²) in [4.78, 5) is 4.26. The molecule has 2 aromatic carbocycles. The topological polar surface area (TPSA) is 60.2 Å². The molecule has 1 aromatic heterocycles. The molecule has 4 rings (SSSR count). The fraction of sp³-hybridized carbons (Fsp3) is 0.190. The Balaban J connectivity index is 0.00000240. The predicted molar refractivity (Wildman–Crippen MR) is 117 cm³/mol. The number of nitrogens with two attached hydrogens (primary N) is 1. The van der Waals surface area contributed by atoms with Crippen molar-refractivity contribution < 1.29 is 9.13 Å². The Hall–Kier alpha value is -2.05. The summed E-state index contributed by atoms with van der Waals surface area (Å²) in [6.07, 6.45) is 1.10. The van der Waals surface area contributed by atoms with Gasteiger partial charge in [0, 0.05) is 35.4 Å². The lowest BCUT2D eigenvalue weighted by Gasteiger charge is -2.19. The maximum absolute atomic E-state index is 13.8. The van der Waals surface area contributed by atoms with E-state index in [4.69, 9.17) is 33.7 Å². The van der Waals surface area contributed by atoms with Gasteiger partial charge in [0.05, 0.1) is 5.02 Å². The highest BCUT2D eigenvalue weighted by molar-refractivity contribution is 6.36. The van der Waals surface area contributed by atoms with Gasteiger partial charge in [-0.2, -0.15) is 0 Å². The van der Waals surface area contributed by atoms with Crippen LogP contribution in [0.4, 0.5) is 10.2 Å². The van der Waals surface area contributed by atoms with Gasteiger partial charge in [0.15, 0.2) is 11.6 Å². The number of anilines is 1. The lowest BCUT2D eigenvalue weighted by Crippen LogP contribution is -2.08. The number of benzene rings is 2. The van der Waals surface area contributed by atoms with Crippen LogP contribution in [-0.4, -0.2) is 4.98 Å². The molecule has 0 saturated heterocycles. The van der Waals surface area contributed by atoms with E-state index in [-0.39, 0.29) is 23.2 Å². The second kappa shape index (κ2) is 8.76. The van der Waals surface area contributed by atoms with Crippen molar-refractivity contribution >= 4 is 41.4 Å². The summed E-state index contributed by atoms with van der Waals surface area (Å²) in [6.45, 7) is 3.47. The molecule has 0 amide bonds. The summed E-state index contributed by atoms with van der Waals surface area (Å²) in [5.74, 6) is 0.0743. The Morgan fingerprint density at radius 2 is 1.86 bits per heavy atom. The van der Waals surface area contributed by atoms with E-state index in [1.54, 1.807) is 13.1 Å². The third-order valence-corrected chi connectivity index (χ3v) is 5.56. The molecular formula is C21H19Cl3FN3O. The number of pyridine rings is 1. The fourth-order valence-corrected chi connectivity index (χ4v) is 4.02. The van der Waals surface area contributed by atoms with E-state index in [0.717, 1.165) is 24.2 Å². The number of fused-ring (bicyclic) bond motifs is 1. The Morgan fingerprint density at radius 1 is 1.10 bits per heavy atom. The van der Waals surface area contributed by atoms with Gasteiger partial charge in [0.25, 0.3) is 0 Å². The zero-order valence-corrected chi connectivity index (χ0v) is 17.8. The van der Waals surface area contributed by atoms with Crippen molar-refractivity contribution in [3.63, 3.8) is 0 Å². The van der Waals surface area contributed by atoms with Crippen LogP contribution in [0.3, 0.4) is 0 Å². The Bertz CT molecular complexity index is 1060. The number of hydrogen-bond donors (Lipinski definition) is 2. The minimum absolute atomic E-state index is 0. The van der Waals surface area contributed by atoms with E-state index in [1.165, 1.54) is 23.3 Å². The van der Waals surface area contributed by atoms with Crippen LogP contribution in [0.15, 0.2) is 42.6 Å². The van der Waals surface area contributed by atoms with E-state index >= 15 is 0 Å². The van der Waals surface area contributed by atoms with Crippen LogP contribution in [0.2, 0.25) is 10.0 Å². The van der Waals surface area contributed by atoms with Gasteiger partial charge in [-0.15, -0.1) is 12.4 Å². The first kappa shape index (κ1) is 21.7. The summed E-state index contributed by atoms with van der Waals surface area (Å²) < 4.78 is 19.8. The van der Waals surface area contributed by atoms with Gasteiger partial charge in [-0.25, -0.2) is 9.37 Å². The molecule has 0 fully saturated rings. The van der Waals surface area contributed by atoms with Gasteiger partial charge >= 0.3 is 0 Å². The Labute approximate surface area is 184 Å². The third-order valence-electron chi connectivity index (χ3n) is 4.84. The van der Waals surface area contributed by atoms with Gasteiger partial charge in [-0.3, -0.25) is 0 Å². The molecule has 0 aliphatic carbocycles. The van der Waals surface area contributed by atoms with Gasteiger partial charge in [-0.1, -0.05) is 35.3 Å². The van der Waals surface area contributed by atoms with Gasteiger partial charge < -0.3 is 15.8 Å². The highest BCUT2D eigenvalue weighted by Crippen LogP contribution is 2.37. The smallest absolute Gasteiger partial charge is 0.166 e. The largest absolute Gasteiger partial charge is 0.482 e. The standard InChI is InChI=1S/C21H18Cl2FN3O.ClH/c1-11(19-16(22)4-5-17(24)20(19)23)28-18-7-15(10-27-21(18)25)12-2-3-13-8-26-9-14(13)6-12;/h2-7,10-11,26H,8-9H2,1H3,(H2,25,27);1H. The van der Waals surface area contributed by atoms with Crippen LogP contribution in [0.25, 0.3) is 11.1 Å². The molecule has 3 N–H and O–H groups in total. The van der Waals surface area contributed by atoms with Crippen LogP contribution in [-0.2, 0) is 13.1 Å². The highest BCUT2D eigenvalue weighted by Gasteiger charge is 2.20. The van der Waals surface area contributed by atoms with E-state index in [0.29, 0.717) is 16.3 Å². The first-order chi connectivity index (χ1) is 13.4. The lowest BCUT2D eigenvalue weighted by molar-refractivity contribution is 0.227. The lowest BCUT2D eigenvalue weighted by atomic mass is 10.0.